The van der Waals surface area contributed by atoms with Crippen molar-refractivity contribution in [3.8, 4) is 0 Å². The lowest BCUT2D eigenvalue weighted by Gasteiger charge is -2.47. The van der Waals surface area contributed by atoms with Gasteiger partial charge in [0.05, 0.1) is 11.0 Å². The molecule has 1 aliphatic carbocycles. The van der Waals surface area contributed by atoms with E-state index in [1.165, 1.54) is 0 Å². The summed E-state index contributed by atoms with van der Waals surface area (Å²) in [6.07, 6.45) is 14.5. The van der Waals surface area contributed by atoms with Crippen LogP contribution in [-0.4, -0.2) is 52.1 Å². The highest BCUT2D eigenvalue weighted by Crippen LogP contribution is 2.39. The van der Waals surface area contributed by atoms with Crippen molar-refractivity contribution >= 4 is 11.9 Å². The van der Waals surface area contributed by atoms with E-state index in [1.807, 2.05) is 6.07 Å². The molecule has 3 heterocycles. The average Bonchev–Trinajstić information content (AvgIpc) is 2.70. The topological polar surface area (TPSA) is 67.4 Å². The molecule has 6 nitrogen and oxygen atoms in total. The van der Waals surface area contributed by atoms with Crippen molar-refractivity contribution in [2.45, 2.75) is 63.5 Å². The Balaban J connectivity index is 1.35. The summed E-state index contributed by atoms with van der Waals surface area (Å²) in [5.41, 5.74) is -0.337. The minimum absolute atomic E-state index is 0.116. The second kappa shape index (κ2) is 7.58. The van der Waals surface area contributed by atoms with Crippen LogP contribution in [0.4, 0.5) is 5.95 Å². The summed E-state index contributed by atoms with van der Waals surface area (Å²) in [4.78, 5) is 23.7. The first-order valence-electron chi connectivity index (χ1n) is 10.2. The fourth-order valence-corrected chi connectivity index (χ4v) is 4.71. The molecule has 0 bridgehead atoms. The van der Waals surface area contributed by atoms with Crippen molar-refractivity contribution < 1.29 is 9.53 Å². The normalized spacial score (nSPS) is 30.3. The molecule has 2 atom stereocenters. The van der Waals surface area contributed by atoms with Gasteiger partial charge in [0.15, 0.2) is 0 Å². The van der Waals surface area contributed by atoms with E-state index in [2.05, 4.69) is 39.3 Å². The van der Waals surface area contributed by atoms with Crippen molar-refractivity contribution in [3.05, 3.63) is 30.6 Å². The number of carbonyl (C=O) groups is 1. The summed E-state index contributed by atoms with van der Waals surface area (Å²) in [6.45, 7) is 4.47. The van der Waals surface area contributed by atoms with Crippen molar-refractivity contribution in [2.75, 3.05) is 25.0 Å². The lowest BCUT2D eigenvalue weighted by Crippen LogP contribution is -2.54. The Kier molecular flexibility index (Phi) is 5.17. The SMILES string of the molecule is CC1(C(=O)N2CCC3(CC2)CC(Nc2ncccn2)CCO3)CC=CCC1. The number of nitrogens with one attached hydrogen (secondary N) is 1. The molecule has 1 aromatic rings. The highest BCUT2D eigenvalue weighted by molar-refractivity contribution is 5.82. The van der Waals surface area contributed by atoms with Crippen LogP contribution in [0.2, 0.25) is 0 Å². The zero-order valence-corrected chi connectivity index (χ0v) is 16.2. The maximum atomic E-state index is 13.1. The zero-order chi connectivity index (χ0) is 18.7. The van der Waals surface area contributed by atoms with Gasteiger partial charge in [-0.2, -0.15) is 0 Å². The van der Waals surface area contributed by atoms with Crippen LogP contribution in [0.25, 0.3) is 0 Å². The highest BCUT2D eigenvalue weighted by atomic mass is 16.5. The van der Waals surface area contributed by atoms with Gasteiger partial charge in [-0.05, 0) is 51.0 Å². The molecule has 0 aromatic carbocycles. The first-order chi connectivity index (χ1) is 13.1. The molecule has 2 unspecified atom stereocenters. The third-order valence-electron chi connectivity index (χ3n) is 6.47. The maximum Gasteiger partial charge on any atom is 0.228 e. The minimum atomic E-state index is -0.221. The van der Waals surface area contributed by atoms with E-state index in [4.69, 9.17) is 4.74 Å². The molecule has 1 spiro atoms. The van der Waals surface area contributed by atoms with Crippen molar-refractivity contribution in [1.29, 1.82) is 0 Å². The molecule has 3 aliphatic rings. The molecule has 1 aromatic heterocycles. The number of hydrogen-bond donors (Lipinski definition) is 1. The third kappa shape index (κ3) is 4.00. The van der Waals surface area contributed by atoms with Gasteiger partial charge in [-0.1, -0.05) is 19.1 Å². The molecule has 4 rings (SSSR count). The molecule has 0 saturated carbocycles. The molecule has 1 amide bonds. The van der Waals surface area contributed by atoms with Crippen LogP contribution in [0.15, 0.2) is 30.6 Å². The lowest BCUT2D eigenvalue weighted by molar-refractivity contribution is -0.152. The summed E-state index contributed by atoms with van der Waals surface area (Å²) in [7, 11) is 0. The predicted molar refractivity (Wildman–Crippen MR) is 104 cm³/mol. The Hall–Kier alpha value is -1.95. The molecular weight excluding hydrogens is 340 g/mol. The van der Waals surface area contributed by atoms with Crippen LogP contribution < -0.4 is 5.32 Å². The van der Waals surface area contributed by atoms with E-state index in [9.17, 15) is 4.79 Å². The Bertz CT molecular complexity index is 685. The second-order valence-corrected chi connectivity index (χ2v) is 8.50. The molecule has 146 valence electrons. The van der Waals surface area contributed by atoms with Crippen LogP contribution in [0.3, 0.4) is 0 Å². The number of nitrogens with zero attached hydrogens (tertiary/aromatic N) is 3. The number of hydrogen-bond acceptors (Lipinski definition) is 5. The number of rotatable bonds is 3. The van der Waals surface area contributed by atoms with E-state index >= 15 is 0 Å². The zero-order valence-electron chi connectivity index (χ0n) is 16.2. The summed E-state index contributed by atoms with van der Waals surface area (Å²) in [5, 5.41) is 3.45. The first-order valence-corrected chi connectivity index (χ1v) is 10.2. The molecule has 0 radical (unpaired) electrons. The molecule has 6 heteroatoms. The number of anilines is 1. The van der Waals surface area contributed by atoms with Gasteiger partial charge in [0.25, 0.3) is 0 Å². The van der Waals surface area contributed by atoms with Gasteiger partial charge in [-0.25, -0.2) is 9.97 Å². The van der Waals surface area contributed by atoms with E-state index in [1.54, 1.807) is 12.4 Å². The van der Waals surface area contributed by atoms with Crippen LogP contribution in [-0.2, 0) is 9.53 Å². The second-order valence-electron chi connectivity index (χ2n) is 8.50. The Morgan fingerprint density at radius 1 is 1.22 bits per heavy atom. The standard InChI is InChI=1S/C21H30N4O2/c1-20(7-3-2-4-8-20)18(26)25-13-9-21(10-14-25)16-17(6-15-27-21)24-19-22-11-5-12-23-19/h2-3,5,11-12,17H,4,6-10,13-16H2,1H3,(H,22,23,24). The third-order valence-corrected chi connectivity index (χ3v) is 6.47. The van der Waals surface area contributed by atoms with E-state index in [0.29, 0.717) is 17.9 Å². The van der Waals surface area contributed by atoms with Gasteiger partial charge in [0.1, 0.15) is 0 Å². The molecule has 2 saturated heterocycles. The molecular formula is C21H30N4O2. The number of piperidine rings is 1. The summed E-state index contributed by atoms with van der Waals surface area (Å²) >= 11 is 0. The predicted octanol–water partition coefficient (Wildman–Crippen LogP) is 3.18. The monoisotopic (exact) mass is 370 g/mol. The first kappa shape index (κ1) is 18.4. The fraction of sp³-hybridized carbons (Fsp3) is 0.667. The van der Waals surface area contributed by atoms with Crippen LogP contribution >= 0.6 is 0 Å². The number of aromatic nitrogens is 2. The fourth-order valence-electron chi connectivity index (χ4n) is 4.71. The van der Waals surface area contributed by atoms with Crippen LogP contribution in [0.5, 0.6) is 0 Å². The van der Waals surface area contributed by atoms with Crippen molar-refractivity contribution in [2.24, 2.45) is 5.41 Å². The summed E-state index contributed by atoms with van der Waals surface area (Å²) < 4.78 is 6.24. The summed E-state index contributed by atoms with van der Waals surface area (Å²) in [5.74, 6) is 1.01. The highest BCUT2D eigenvalue weighted by Gasteiger charge is 2.44. The van der Waals surface area contributed by atoms with Crippen LogP contribution in [0.1, 0.15) is 51.9 Å². The van der Waals surface area contributed by atoms with Gasteiger partial charge < -0.3 is 15.0 Å². The Labute approximate surface area is 161 Å². The Morgan fingerprint density at radius 3 is 2.70 bits per heavy atom. The average molecular weight is 370 g/mol. The van der Waals surface area contributed by atoms with E-state index < -0.39 is 0 Å². The van der Waals surface area contributed by atoms with Crippen molar-refractivity contribution in [1.82, 2.24) is 14.9 Å². The number of amides is 1. The lowest BCUT2D eigenvalue weighted by atomic mass is 9.76. The molecule has 2 fully saturated rings. The number of ether oxygens (including phenoxy) is 1. The molecule has 2 aliphatic heterocycles. The van der Waals surface area contributed by atoms with Crippen molar-refractivity contribution in [3.63, 3.8) is 0 Å². The summed E-state index contributed by atoms with van der Waals surface area (Å²) in [6, 6.07) is 2.15. The number of likely N-dealkylation sites (tertiary alicyclic amines) is 1. The molecule has 27 heavy (non-hydrogen) atoms. The number of allylic oxidation sites excluding steroid dienone is 2. The smallest absolute Gasteiger partial charge is 0.228 e. The van der Waals surface area contributed by atoms with Gasteiger partial charge in [0, 0.05) is 38.1 Å². The van der Waals surface area contributed by atoms with E-state index in [-0.39, 0.29) is 11.0 Å². The number of carbonyl (C=O) groups excluding carboxylic acids is 1. The van der Waals surface area contributed by atoms with Gasteiger partial charge in [-0.3, -0.25) is 4.79 Å². The largest absolute Gasteiger partial charge is 0.375 e. The van der Waals surface area contributed by atoms with Gasteiger partial charge >= 0.3 is 0 Å². The van der Waals surface area contributed by atoms with Crippen LogP contribution in [0, 0.1) is 5.41 Å². The minimum Gasteiger partial charge on any atom is -0.375 e. The maximum absolute atomic E-state index is 13.1. The van der Waals surface area contributed by atoms with Gasteiger partial charge in [0.2, 0.25) is 11.9 Å². The Morgan fingerprint density at radius 2 is 2.00 bits per heavy atom. The van der Waals surface area contributed by atoms with Gasteiger partial charge in [-0.15, -0.1) is 0 Å². The molecule has 1 N–H and O–H groups in total. The quantitative estimate of drug-likeness (QED) is 0.828. The van der Waals surface area contributed by atoms with E-state index in [0.717, 1.165) is 64.6 Å².